The number of carbonyl (C=O) groups is 3. The summed E-state index contributed by atoms with van der Waals surface area (Å²) >= 11 is 0. The lowest BCUT2D eigenvalue weighted by Crippen LogP contribution is -2.35. The van der Waals surface area contributed by atoms with Crippen molar-refractivity contribution < 1.29 is 23.6 Å². The van der Waals surface area contributed by atoms with Gasteiger partial charge in [-0.1, -0.05) is 12.1 Å². The van der Waals surface area contributed by atoms with Crippen molar-refractivity contribution in [2.24, 2.45) is 0 Å². The third-order valence-electron chi connectivity index (χ3n) is 4.75. The highest BCUT2D eigenvalue weighted by Gasteiger charge is 2.28. The second-order valence-electron chi connectivity index (χ2n) is 6.81. The summed E-state index contributed by atoms with van der Waals surface area (Å²) in [6.07, 6.45) is 0.283. The maximum absolute atomic E-state index is 13.2. The number of hydrogen-bond acceptors (Lipinski definition) is 8. The average Bonchev–Trinajstić information content (AvgIpc) is 3.15. The van der Waals surface area contributed by atoms with Crippen molar-refractivity contribution in [1.29, 1.82) is 0 Å². The van der Waals surface area contributed by atoms with Crippen molar-refractivity contribution >= 4 is 34.4 Å². The van der Waals surface area contributed by atoms with Gasteiger partial charge < -0.3 is 14.6 Å². The Hall–Kier alpha value is -3.82. The van der Waals surface area contributed by atoms with Crippen molar-refractivity contribution in [3.8, 4) is 0 Å². The molecule has 1 aromatic carbocycles. The summed E-state index contributed by atoms with van der Waals surface area (Å²) in [4.78, 5) is 53.9. The Bertz CT molecular complexity index is 1210. The summed E-state index contributed by atoms with van der Waals surface area (Å²) in [6.45, 7) is 6.49. The van der Waals surface area contributed by atoms with Crippen LogP contribution in [-0.4, -0.2) is 39.0 Å². The number of nitrogens with one attached hydrogen (secondary N) is 1. The van der Waals surface area contributed by atoms with E-state index in [-0.39, 0.29) is 41.4 Å². The van der Waals surface area contributed by atoms with Crippen molar-refractivity contribution in [2.45, 2.75) is 40.2 Å². The summed E-state index contributed by atoms with van der Waals surface area (Å²) in [5, 5.41) is 6.23. The van der Waals surface area contributed by atoms with Crippen LogP contribution < -0.4 is 10.9 Å². The van der Waals surface area contributed by atoms with Gasteiger partial charge in [0.25, 0.3) is 11.3 Å². The van der Waals surface area contributed by atoms with Gasteiger partial charge in [-0.25, -0.2) is 4.79 Å². The number of anilines is 1. The van der Waals surface area contributed by atoms with E-state index in [4.69, 9.17) is 9.26 Å². The third-order valence-corrected chi connectivity index (χ3v) is 4.75. The number of rotatable bonds is 7. The molecule has 0 saturated heterocycles. The fourth-order valence-electron chi connectivity index (χ4n) is 3.22. The molecule has 3 aromatic rings. The Labute approximate surface area is 177 Å². The van der Waals surface area contributed by atoms with E-state index in [9.17, 15) is 19.2 Å². The van der Waals surface area contributed by atoms with E-state index in [0.29, 0.717) is 11.3 Å². The number of carbonyl (C=O) groups excluding carboxylic acids is 3. The van der Waals surface area contributed by atoms with Crippen LogP contribution in [-0.2, 0) is 9.53 Å². The van der Waals surface area contributed by atoms with Crippen LogP contribution in [0.4, 0.5) is 5.69 Å². The number of benzene rings is 1. The number of aromatic nitrogens is 3. The number of Topliss-reactive ketones (excluding diaryl/α,β-unsaturated/α-hetero) is 1. The molecule has 0 spiro atoms. The highest BCUT2D eigenvalue weighted by atomic mass is 16.5. The van der Waals surface area contributed by atoms with Crippen LogP contribution in [0.5, 0.6) is 0 Å². The molecule has 0 unspecified atom stereocenters. The predicted octanol–water partition coefficient (Wildman–Crippen LogP) is 2.66. The minimum absolute atomic E-state index is 0.0861. The Balaban J connectivity index is 2.00. The minimum Gasteiger partial charge on any atom is -0.461 e. The number of fused-ring (bicyclic) bond motifs is 1. The highest BCUT2D eigenvalue weighted by molar-refractivity contribution is 6.00. The molecule has 2 aromatic heterocycles. The maximum atomic E-state index is 13.2. The fraction of sp³-hybridized carbons (Fsp3) is 0.333. The van der Waals surface area contributed by atoms with E-state index in [1.54, 1.807) is 45.0 Å². The molecule has 0 fully saturated rings. The Morgan fingerprint density at radius 1 is 1.19 bits per heavy atom. The number of nitrogens with zero attached hydrogens (tertiary/aromatic N) is 3. The summed E-state index contributed by atoms with van der Waals surface area (Å²) < 4.78 is 11.2. The molecule has 0 saturated carbocycles. The molecule has 0 aliphatic heterocycles. The largest absolute Gasteiger partial charge is 0.461 e. The smallest absolute Gasteiger partial charge is 0.361 e. The monoisotopic (exact) mass is 426 g/mol. The first-order valence-corrected chi connectivity index (χ1v) is 9.75. The molecule has 0 aliphatic rings. The van der Waals surface area contributed by atoms with Gasteiger partial charge in [0.05, 0.1) is 6.61 Å². The Morgan fingerprint density at radius 3 is 2.45 bits per heavy atom. The van der Waals surface area contributed by atoms with Gasteiger partial charge >= 0.3 is 5.97 Å². The zero-order valence-electron chi connectivity index (χ0n) is 17.6. The maximum Gasteiger partial charge on any atom is 0.361 e. The molecule has 1 atom stereocenters. The lowest BCUT2D eigenvalue weighted by atomic mass is 10.1. The topological polar surface area (TPSA) is 133 Å². The fourth-order valence-corrected chi connectivity index (χ4v) is 3.22. The molecule has 3 rings (SSSR count). The Kier molecular flexibility index (Phi) is 6.28. The third kappa shape index (κ3) is 4.23. The number of ether oxygens (including phenoxy) is 1. The van der Waals surface area contributed by atoms with Gasteiger partial charge in [0, 0.05) is 11.3 Å². The molecule has 0 aliphatic carbocycles. The lowest BCUT2D eigenvalue weighted by molar-refractivity contribution is -0.119. The van der Waals surface area contributed by atoms with E-state index < -0.39 is 23.5 Å². The first kappa shape index (κ1) is 21.9. The van der Waals surface area contributed by atoms with Crippen molar-refractivity contribution in [3.63, 3.8) is 0 Å². The van der Waals surface area contributed by atoms with Crippen LogP contribution in [0.1, 0.15) is 59.9 Å². The normalized spacial score (nSPS) is 11.9. The molecule has 2 heterocycles. The Morgan fingerprint density at radius 2 is 1.87 bits per heavy atom. The van der Waals surface area contributed by atoms with Crippen LogP contribution in [0.25, 0.3) is 11.1 Å². The number of hydrogen-bond donors (Lipinski definition) is 1. The van der Waals surface area contributed by atoms with E-state index in [0.717, 1.165) is 0 Å². The lowest BCUT2D eigenvalue weighted by Gasteiger charge is -2.19. The summed E-state index contributed by atoms with van der Waals surface area (Å²) in [5.41, 5.74) is -0.00751. The second-order valence-corrected chi connectivity index (χ2v) is 6.81. The second kappa shape index (κ2) is 8.90. The number of ketones is 1. The van der Waals surface area contributed by atoms with E-state index in [1.807, 2.05) is 0 Å². The zero-order chi connectivity index (χ0) is 22.7. The predicted molar refractivity (Wildman–Crippen MR) is 111 cm³/mol. The summed E-state index contributed by atoms with van der Waals surface area (Å²) in [5.74, 6) is -1.10. The van der Waals surface area contributed by atoms with Crippen molar-refractivity contribution in [2.75, 3.05) is 11.9 Å². The molecule has 0 radical (unpaired) electrons. The molecule has 1 amide bonds. The van der Waals surface area contributed by atoms with Crippen LogP contribution in [0.2, 0.25) is 0 Å². The van der Waals surface area contributed by atoms with Crippen LogP contribution >= 0.6 is 0 Å². The van der Waals surface area contributed by atoms with Gasteiger partial charge in [-0.3, -0.25) is 19.0 Å². The molecule has 1 N–H and O–H groups in total. The quantitative estimate of drug-likeness (QED) is 0.450. The standard InChI is InChI=1S/C21H22N4O6/c1-5-15(18(27)23-14-9-7-13(8-10-14)11(3)26)25-12(4)22-19-16(20(25)28)17(24-31-19)21(29)30-6-2/h7-10,15H,5-6H2,1-4H3,(H,23,27)/t15-/m0/s1. The van der Waals surface area contributed by atoms with Crippen LogP contribution in [0, 0.1) is 6.92 Å². The SMILES string of the molecule is CCOC(=O)c1noc2nc(C)n([C@@H](CC)C(=O)Nc3ccc(C(C)=O)cc3)c(=O)c12. The van der Waals surface area contributed by atoms with Gasteiger partial charge in [0.2, 0.25) is 11.6 Å². The first-order chi connectivity index (χ1) is 14.8. The van der Waals surface area contributed by atoms with Crippen molar-refractivity contribution in [1.82, 2.24) is 14.7 Å². The highest BCUT2D eigenvalue weighted by Crippen LogP contribution is 2.20. The summed E-state index contributed by atoms with van der Waals surface area (Å²) in [7, 11) is 0. The van der Waals surface area contributed by atoms with Crippen LogP contribution in [0.15, 0.2) is 33.6 Å². The minimum atomic E-state index is -0.901. The van der Waals surface area contributed by atoms with Gasteiger partial charge in [-0.2, -0.15) is 4.98 Å². The van der Waals surface area contributed by atoms with Gasteiger partial charge in [-0.05, 0) is 51.5 Å². The molecule has 31 heavy (non-hydrogen) atoms. The number of aryl methyl sites for hydroxylation is 1. The van der Waals surface area contributed by atoms with Crippen molar-refractivity contribution in [3.05, 3.63) is 51.7 Å². The number of esters is 1. The van der Waals surface area contributed by atoms with Gasteiger partial charge in [0.15, 0.2) is 5.78 Å². The van der Waals surface area contributed by atoms with Gasteiger partial charge in [-0.15, -0.1) is 0 Å². The number of amides is 1. The average molecular weight is 426 g/mol. The van der Waals surface area contributed by atoms with Crippen LogP contribution in [0.3, 0.4) is 0 Å². The van der Waals surface area contributed by atoms with E-state index in [2.05, 4.69) is 15.5 Å². The van der Waals surface area contributed by atoms with E-state index >= 15 is 0 Å². The molecule has 10 heteroatoms. The molecular formula is C21H22N4O6. The molecule has 0 bridgehead atoms. The summed E-state index contributed by atoms with van der Waals surface area (Å²) in [6, 6.07) is 5.52. The molecular weight excluding hydrogens is 404 g/mol. The van der Waals surface area contributed by atoms with Gasteiger partial charge in [0.1, 0.15) is 17.3 Å². The zero-order valence-corrected chi connectivity index (χ0v) is 17.6. The molecule has 10 nitrogen and oxygen atoms in total. The first-order valence-electron chi connectivity index (χ1n) is 9.75. The molecule has 162 valence electrons. The van der Waals surface area contributed by atoms with E-state index in [1.165, 1.54) is 11.5 Å².